The van der Waals surface area contributed by atoms with Crippen LogP contribution in [0.1, 0.15) is 11.1 Å². The van der Waals surface area contributed by atoms with Gasteiger partial charge in [-0.15, -0.1) is 0 Å². The molecule has 2 N–H and O–H groups in total. The van der Waals surface area contributed by atoms with Gasteiger partial charge in [-0.2, -0.15) is 0 Å². The van der Waals surface area contributed by atoms with Crippen molar-refractivity contribution in [1.82, 2.24) is 5.32 Å². The number of aliphatic hydroxyl groups excluding tert-OH is 1. The zero-order valence-corrected chi connectivity index (χ0v) is 9.26. The fourth-order valence-electron chi connectivity index (χ4n) is 1.16. The topological polar surface area (TPSA) is 32.3 Å². The summed E-state index contributed by atoms with van der Waals surface area (Å²) in [6.45, 7) is 3.74. The van der Waals surface area contributed by atoms with Gasteiger partial charge in [-0.1, -0.05) is 22.0 Å². The minimum absolute atomic E-state index is 0.190. The number of rotatable bonds is 4. The minimum atomic E-state index is 0.190. The number of benzene rings is 1. The Morgan fingerprint density at radius 1 is 1.46 bits per heavy atom. The van der Waals surface area contributed by atoms with Gasteiger partial charge in [0.05, 0.1) is 6.61 Å². The van der Waals surface area contributed by atoms with Crippen LogP contribution < -0.4 is 5.32 Å². The van der Waals surface area contributed by atoms with Crippen molar-refractivity contribution in [3.8, 4) is 0 Å². The molecule has 0 aliphatic heterocycles. The van der Waals surface area contributed by atoms with Gasteiger partial charge in [0.2, 0.25) is 0 Å². The predicted molar refractivity (Wildman–Crippen MR) is 57.7 cm³/mol. The summed E-state index contributed by atoms with van der Waals surface area (Å²) in [6, 6.07) is 6.21. The Hall–Kier alpha value is -0.380. The maximum absolute atomic E-state index is 8.59. The summed E-state index contributed by atoms with van der Waals surface area (Å²) in [4.78, 5) is 0. The second-order valence-corrected chi connectivity index (χ2v) is 3.89. The first-order valence-corrected chi connectivity index (χ1v) is 5.10. The fourth-order valence-corrected chi connectivity index (χ4v) is 1.64. The first-order chi connectivity index (χ1) is 6.24. The fraction of sp³-hybridized carbons (Fsp3) is 0.400. The van der Waals surface area contributed by atoms with Crippen LogP contribution in [-0.2, 0) is 6.54 Å². The Balaban J connectivity index is 2.56. The minimum Gasteiger partial charge on any atom is -0.395 e. The first kappa shape index (κ1) is 10.7. The molecule has 0 saturated carbocycles. The van der Waals surface area contributed by atoms with Gasteiger partial charge in [0.25, 0.3) is 0 Å². The van der Waals surface area contributed by atoms with E-state index in [0.717, 1.165) is 11.0 Å². The molecule has 0 saturated heterocycles. The molecule has 2 nitrogen and oxygen atoms in total. The normalized spacial score (nSPS) is 10.4. The van der Waals surface area contributed by atoms with E-state index < -0.39 is 0 Å². The van der Waals surface area contributed by atoms with Crippen LogP contribution in [0.5, 0.6) is 0 Å². The summed E-state index contributed by atoms with van der Waals surface area (Å²) in [5.74, 6) is 0. The number of halogens is 1. The standard InChI is InChI=1S/C10H14BrNO/c1-8-6-10(11)3-2-9(8)7-12-4-5-13/h2-3,6,12-13H,4-5,7H2,1H3. The van der Waals surface area contributed by atoms with Crippen LogP contribution in [0.25, 0.3) is 0 Å². The summed E-state index contributed by atoms with van der Waals surface area (Å²) in [5, 5.41) is 11.7. The van der Waals surface area contributed by atoms with Crippen molar-refractivity contribution < 1.29 is 5.11 Å². The molecule has 0 heterocycles. The van der Waals surface area contributed by atoms with Crippen LogP contribution in [0.2, 0.25) is 0 Å². The van der Waals surface area contributed by atoms with Gasteiger partial charge in [0.1, 0.15) is 0 Å². The molecule has 3 heteroatoms. The summed E-state index contributed by atoms with van der Waals surface area (Å²) in [7, 11) is 0. The molecule has 0 aliphatic carbocycles. The quantitative estimate of drug-likeness (QED) is 0.792. The van der Waals surface area contributed by atoms with Crippen molar-refractivity contribution in [3.05, 3.63) is 33.8 Å². The molecular weight excluding hydrogens is 230 g/mol. The van der Waals surface area contributed by atoms with Crippen molar-refractivity contribution in [2.45, 2.75) is 13.5 Å². The lowest BCUT2D eigenvalue weighted by molar-refractivity contribution is 0.292. The van der Waals surface area contributed by atoms with Crippen LogP contribution in [0.3, 0.4) is 0 Å². The van der Waals surface area contributed by atoms with E-state index in [1.54, 1.807) is 0 Å². The number of aryl methyl sites for hydroxylation is 1. The van der Waals surface area contributed by atoms with Gasteiger partial charge in [-0.25, -0.2) is 0 Å². The molecule has 1 aromatic rings. The van der Waals surface area contributed by atoms with Gasteiger partial charge in [-0.05, 0) is 30.2 Å². The second kappa shape index (κ2) is 5.37. The summed E-state index contributed by atoms with van der Waals surface area (Å²) < 4.78 is 1.11. The maximum atomic E-state index is 8.59. The SMILES string of the molecule is Cc1cc(Br)ccc1CNCCO. The summed E-state index contributed by atoms with van der Waals surface area (Å²) in [5.41, 5.74) is 2.54. The van der Waals surface area contributed by atoms with Crippen molar-refractivity contribution >= 4 is 15.9 Å². The molecule has 0 aliphatic rings. The van der Waals surface area contributed by atoms with Gasteiger partial charge in [-0.3, -0.25) is 0 Å². The molecule has 0 unspecified atom stereocenters. The highest BCUT2D eigenvalue weighted by Crippen LogP contribution is 2.15. The van der Waals surface area contributed by atoms with E-state index in [0.29, 0.717) is 6.54 Å². The molecule has 0 aromatic heterocycles. The second-order valence-electron chi connectivity index (χ2n) is 2.97. The first-order valence-electron chi connectivity index (χ1n) is 4.30. The number of hydrogen-bond acceptors (Lipinski definition) is 2. The molecule has 0 fully saturated rings. The molecule has 13 heavy (non-hydrogen) atoms. The molecule has 0 atom stereocenters. The predicted octanol–water partition coefficient (Wildman–Crippen LogP) is 1.84. The van der Waals surface area contributed by atoms with Crippen molar-refractivity contribution in [2.24, 2.45) is 0 Å². The monoisotopic (exact) mass is 243 g/mol. The molecule has 0 bridgehead atoms. The van der Waals surface area contributed by atoms with Gasteiger partial charge in [0.15, 0.2) is 0 Å². The smallest absolute Gasteiger partial charge is 0.0556 e. The molecule has 1 aromatic carbocycles. The van der Waals surface area contributed by atoms with Crippen molar-refractivity contribution in [1.29, 1.82) is 0 Å². The van der Waals surface area contributed by atoms with Crippen LogP contribution >= 0.6 is 15.9 Å². The molecule has 1 rings (SSSR count). The third-order valence-corrected chi connectivity index (χ3v) is 2.40. The number of hydrogen-bond donors (Lipinski definition) is 2. The molecular formula is C10H14BrNO. The van der Waals surface area contributed by atoms with E-state index in [1.807, 2.05) is 6.07 Å². The van der Waals surface area contributed by atoms with E-state index in [2.05, 4.69) is 40.3 Å². The number of nitrogens with one attached hydrogen (secondary N) is 1. The lowest BCUT2D eigenvalue weighted by Crippen LogP contribution is -2.17. The van der Waals surface area contributed by atoms with E-state index in [1.165, 1.54) is 11.1 Å². The highest BCUT2D eigenvalue weighted by atomic mass is 79.9. The lowest BCUT2D eigenvalue weighted by atomic mass is 10.1. The molecule has 0 radical (unpaired) electrons. The summed E-state index contributed by atoms with van der Waals surface area (Å²) >= 11 is 3.42. The van der Waals surface area contributed by atoms with Gasteiger partial charge in [0, 0.05) is 17.6 Å². The van der Waals surface area contributed by atoms with Crippen molar-refractivity contribution in [2.75, 3.05) is 13.2 Å². The Morgan fingerprint density at radius 3 is 2.85 bits per heavy atom. The largest absolute Gasteiger partial charge is 0.395 e. The molecule has 0 spiro atoms. The average molecular weight is 244 g/mol. The summed E-state index contributed by atoms with van der Waals surface area (Å²) in [6.07, 6.45) is 0. The van der Waals surface area contributed by atoms with E-state index in [-0.39, 0.29) is 6.61 Å². The van der Waals surface area contributed by atoms with Crippen LogP contribution in [0, 0.1) is 6.92 Å². The van der Waals surface area contributed by atoms with Crippen molar-refractivity contribution in [3.63, 3.8) is 0 Å². The van der Waals surface area contributed by atoms with Gasteiger partial charge >= 0.3 is 0 Å². The zero-order chi connectivity index (χ0) is 9.68. The Labute approximate surface area is 87.1 Å². The van der Waals surface area contributed by atoms with Gasteiger partial charge < -0.3 is 10.4 Å². The van der Waals surface area contributed by atoms with E-state index in [4.69, 9.17) is 5.11 Å². The maximum Gasteiger partial charge on any atom is 0.0556 e. The Bertz CT molecular complexity index is 276. The van der Waals surface area contributed by atoms with E-state index in [9.17, 15) is 0 Å². The highest BCUT2D eigenvalue weighted by molar-refractivity contribution is 9.10. The zero-order valence-electron chi connectivity index (χ0n) is 7.68. The van der Waals surface area contributed by atoms with Crippen LogP contribution in [-0.4, -0.2) is 18.3 Å². The lowest BCUT2D eigenvalue weighted by Gasteiger charge is -2.06. The average Bonchev–Trinajstić information content (AvgIpc) is 2.09. The van der Waals surface area contributed by atoms with Crippen LogP contribution in [0.4, 0.5) is 0 Å². The third-order valence-electron chi connectivity index (χ3n) is 1.91. The molecule has 72 valence electrons. The van der Waals surface area contributed by atoms with Crippen LogP contribution in [0.15, 0.2) is 22.7 Å². The Kier molecular flexibility index (Phi) is 4.42. The number of aliphatic hydroxyl groups is 1. The highest BCUT2D eigenvalue weighted by Gasteiger charge is 1.97. The Morgan fingerprint density at radius 2 is 2.23 bits per heavy atom. The third kappa shape index (κ3) is 3.46. The molecule has 0 amide bonds. The van der Waals surface area contributed by atoms with E-state index >= 15 is 0 Å².